The highest BCUT2D eigenvalue weighted by Crippen LogP contribution is 2.39. The molecule has 0 aliphatic heterocycles. The Bertz CT molecular complexity index is 837. The highest BCUT2D eigenvalue weighted by Gasteiger charge is 2.28. The standard InChI is InChI=1S/C16H16FN5O/c1-23-15-8-12(17)4-5-14(15)22-10-13(19-20-22)9-21-7-6-18-16(21)11-2-3-11/h4-8,10-11H,2-3,9H2,1H3. The summed E-state index contributed by atoms with van der Waals surface area (Å²) in [6.07, 6.45) is 8.02. The number of ether oxygens (including phenoxy) is 1. The molecule has 0 N–H and O–H groups in total. The summed E-state index contributed by atoms with van der Waals surface area (Å²) in [5.74, 6) is 1.76. The first-order chi connectivity index (χ1) is 11.2. The van der Waals surface area contributed by atoms with Crippen molar-refractivity contribution >= 4 is 0 Å². The fourth-order valence-electron chi connectivity index (χ4n) is 2.66. The first-order valence-corrected chi connectivity index (χ1v) is 7.51. The summed E-state index contributed by atoms with van der Waals surface area (Å²) in [6, 6.07) is 4.33. The monoisotopic (exact) mass is 313 g/mol. The van der Waals surface area contributed by atoms with E-state index in [1.807, 2.05) is 18.6 Å². The molecule has 0 unspecified atom stereocenters. The fourth-order valence-corrected chi connectivity index (χ4v) is 2.66. The molecule has 118 valence electrons. The van der Waals surface area contributed by atoms with Gasteiger partial charge < -0.3 is 9.30 Å². The molecule has 0 radical (unpaired) electrons. The van der Waals surface area contributed by atoms with E-state index in [0.717, 1.165) is 11.5 Å². The smallest absolute Gasteiger partial charge is 0.147 e. The largest absolute Gasteiger partial charge is 0.494 e. The number of nitrogens with zero attached hydrogens (tertiary/aromatic N) is 5. The number of halogens is 1. The molecule has 3 aromatic rings. The predicted molar refractivity (Wildman–Crippen MR) is 81.2 cm³/mol. The van der Waals surface area contributed by atoms with Gasteiger partial charge in [0.2, 0.25) is 0 Å². The summed E-state index contributed by atoms with van der Waals surface area (Å²) in [5, 5.41) is 8.33. The van der Waals surface area contributed by atoms with Gasteiger partial charge in [-0.05, 0) is 25.0 Å². The van der Waals surface area contributed by atoms with Crippen LogP contribution in [-0.4, -0.2) is 31.7 Å². The Morgan fingerprint density at radius 2 is 2.22 bits per heavy atom. The van der Waals surface area contributed by atoms with Crippen LogP contribution in [0.15, 0.2) is 36.8 Å². The van der Waals surface area contributed by atoms with E-state index in [0.29, 0.717) is 23.9 Å². The Labute approximate surface area is 132 Å². The molecule has 0 bridgehead atoms. The van der Waals surface area contributed by atoms with E-state index in [9.17, 15) is 4.39 Å². The number of imidazole rings is 1. The van der Waals surface area contributed by atoms with Gasteiger partial charge in [0.25, 0.3) is 0 Å². The van der Waals surface area contributed by atoms with E-state index >= 15 is 0 Å². The maximum absolute atomic E-state index is 13.3. The van der Waals surface area contributed by atoms with Crippen molar-refractivity contribution < 1.29 is 9.13 Å². The number of rotatable bonds is 5. The van der Waals surface area contributed by atoms with Crippen molar-refractivity contribution in [2.24, 2.45) is 0 Å². The Balaban J connectivity index is 1.60. The summed E-state index contributed by atoms with van der Waals surface area (Å²) in [5.41, 5.74) is 1.47. The molecule has 4 rings (SSSR count). The van der Waals surface area contributed by atoms with Gasteiger partial charge in [0.15, 0.2) is 0 Å². The molecule has 1 aromatic carbocycles. The Hall–Kier alpha value is -2.70. The summed E-state index contributed by atoms with van der Waals surface area (Å²) in [7, 11) is 1.50. The number of methoxy groups -OCH3 is 1. The minimum absolute atomic E-state index is 0.349. The second kappa shape index (κ2) is 5.49. The highest BCUT2D eigenvalue weighted by atomic mass is 19.1. The average Bonchev–Trinajstić information content (AvgIpc) is 3.12. The molecule has 0 saturated heterocycles. The van der Waals surface area contributed by atoms with Crippen molar-refractivity contribution in [1.29, 1.82) is 0 Å². The van der Waals surface area contributed by atoms with Crippen molar-refractivity contribution in [3.8, 4) is 11.4 Å². The van der Waals surface area contributed by atoms with Gasteiger partial charge in [0, 0.05) is 24.4 Å². The molecule has 6 nitrogen and oxygen atoms in total. The van der Waals surface area contributed by atoms with Crippen LogP contribution in [0.25, 0.3) is 5.69 Å². The van der Waals surface area contributed by atoms with Gasteiger partial charge in [-0.2, -0.15) is 0 Å². The molecule has 0 amide bonds. The minimum Gasteiger partial charge on any atom is -0.494 e. The molecule has 1 aliphatic rings. The van der Waals surface area contributed by atoms with Crippen molar-refractivity contribution in [2.75, 3.05) is 7.11 Å². The number of aromatic nitrogens is 5. The topological polar surface area (TPSA) is 57.8 Å². The summed E-state index contributed by atoms with van der Waals surface area (Å²) >= 11 is 0. The van der Waals surface area contributed by atoms with Crippen LogP contribution in [0.2, 0.25) is 0 Å². The van der Waals surface area contributed by atoms with Gasteiger partial charge >= 0.3 is 0 Å². The highest BCUT2D eigenvalue weighted by molar-refractivity contribution is 5.46. The molecule has 0 atom stereocenters. The lowest BCUT2D eigenvalue weighted by Crippen LogP contribution is -2.03. The second-order valence-corrected chi connectivity index (χ2v) is 5.66. The second-order valence-electron chi connectivity index (χ2n) is 5.66. The first kappa shape index (κ1) is 13.9. The third kappa shape index (κ3) is 2.69. The summed E-state index contributed by atoms with van der Waals surface area (Å²) in [4.78, 5) is 4.42. The summed E-state index contributed by atoms with van der Waals surface area (Å²) < 4.78 is 22.2. The quantitative estimate of drug-likeness (QED) is 0.726. The van der Waals surface area contributed by atoms with Gasteiger partial charge in [-0.3, -0.25) is 0 Å². The van der Waals surface area contributed by atoms with E-state index in [2.05, 4.69) is 19.9 Å². The molecule has 1 fully saturated rings. The van der Waals surface area contributed by atoms with Gasteiger partial charge in [0.05, 0.1) is 19.9 Å². The maximum Gasteiger partial charge on any atom is 0.147 e. The van der Waals surface area contributed by atoms with E-state index in [1.54, 1.807) is 10.7 Å². The van der Waals surface area contributed by atoms with Crippen LogP contribution in [0.5, 0.6) is 5.75 Å². The molecule has 2 heterocycles. The van der Waals surface area contributed by atoms with Crippen molar-refractivity contribution in [3.05, 3.63) is 54.1 Å². The minimum atomic E-state index is -0.349. The Morgan fingerprint density at radius 3 is 3.00 bits per heavy atom. The predicted octanol–water partition coefficient (Wildman–Crippen LogP) is 2.54. The van der Waals surface area contributed by atoms with Crippen molar-refractivity contribution in [1.82, 2.24) is 24.5 Å². The number of hydrogen-bond donors (Lipinski definition) is 0. The molecule has 1 saturated carbocycles. The Morgan fingerprint density at radius 1 is 1.35 bits per heavy atom. The Kier molecular flexibility index (Phi) is 3.33. The van der Waals surface area contributed by atoms with E-state index < -0.39 is 0 Å². The molecule has 23 heavy (non-hydrogen) atoms. The molecule has 7 heteroatoms. The van der Waals surface area contributed by atoms with Gasteiger partial charge in [0.1, 0.15) is 28.8 Å². The fraction of sp³-hybridized carbons (Fsp3) is 0.312. The summed E-state index contributed by atoms with van der Waals surface area (Å²) in [6.45, 7) is 0.620. The third-order valence-corrected chi connectivity index (χ3v) is 3.95. The van der Waals surface area contributed by atoms with Crippen LogP contribution < -0.4 is 4.74 Å². The van der Waals surface area contributed by atoms with Crippen LogP contribution in [0.1, 0.15) is 30.3 Å². The lowest BCUT2D eigenvalue weighted by molar-refractivity contribution is 0.408. The molecule has 0 spiro atoms. The van der Waals surface area contributed by atoms with E-state index in [4.69, 9.17) is 4.74 Å². The SMILES string of the molecule is COc1cc(F)ccc1-n1cc(Cn2ccnc2C2CC2)nn1. The maximum atomic E-state index is 13.3. The van der Waals surface area contributed by atoms with E-state index in [1.165, 1.54) is 32.1 Å². The zero-order chi connectivity index (χ0) is 15.8. The van der Waals surface area contributed by atoms with Crippen LogP contribution >= 0.6 is 0 Å². The molecule has 2 aromatic heterocycles. The zero-order valence-corrected chi connectivity index (χ0v) is 12.7. The lowest BCUT2D eigenvalue weighted by Gasteiger charge is -2.07. The van der Waals surface area contributed by atoms with Gasteiger partial charge in [-0.25, -0.2) is 14.1 Å². The van der Waals surface area contributed by atoms with Crippen molar-refractivity contribution in [2.45, 2.75) is 25.3 Å². The van der Waals surface area contributed by atoms with Gasteiger partial charge in [-0.1, -0.05) is 5.21 Å². The van der Waals surface area contributed by atoms with Crippen LogP contribution in [0.3, 0.4) is 0 Å². The van der Waals surface area contributed by atoms with Gasteiger partial charge in [-0.15, -0.1) is 5.10 Å². The average molecular weight is 313 g/mol. The van der Waals surface area contributed by atoms with Crippen molar-refractivity contribution in [3.63, 3.8) is 0 Å². The zero-order valence-electron chi connectivity index (χ0n) is 12.7. The number of hydrogen-bond acceptors (Lipinski definition) is 4. The van der Waals surface area contributed by atoms with Crippen LogP contribution in [0, 0.1) is 5.82 Å². The van der Waals surface area contributed by atoms with Crippen LogP contribution in [-0.2, 0) is 6.54 Å². The molecular formula is C16H16FN5O. The molecular weight excluding hydrogens is 297 g/mol. The normalized spacial score (nSPS) is 14.2. The van der Waals surface area contributed by atoms with E-state index in [-0.39, 0.29) is 5.82 Å². The third-order valence-electron chi connectivity index (χ3n) is 3.95. The lowest BCUT2D eigenvalue weighted by atomic mass is 10.3. The van der Waals surface area contributed by atoms with Crippen LogP contribution in [0.4, 0.5) is 4.39 Å². The number of benzene rings is 1. The molecule has 1 aliphatic carbocycles. The first-order valence-electron chi connectivity index (χ1n) is 7.51.